The summed E-state index contributed by atoms with van der Waals surface area (Å²) in [6.07, 6.45) is 0. The van der Waals surface area contributed by atoms with Gasteiger partial charge in [-0.2, -0.15) is 11.8 Å². The fourth-order valence-corrected chi connectivity index (χ4v) is 3.56. The SMILES string of the molecule is O=C(NCCSCc1ccc(Cl)c(Cl)c1)c1ccccc1I. The number of thioether (sulfide) groups is 1. The molecule has 0 radical (unpaired) electrons. The van der Waals surface area contributed by atoms with E-state index in [9.17, 15) is 4.79 Å². The van der Waals surface area contributed by atoms with Gasteiger partial charge in [-0.1, -0.05) is 41.4 Å². The van der Waals surface area contributed by atoms with Gasteiger partial charge in [0.1, 0.15) is 0 Å². The van der Waals surface area contributed by atoms with Gasteiger partial charge in [0, 0.05) is 21.6 Å². The number of halogens is 3. The van der Waals surface area contributed by atoms with Crippen LogP contribution in [0.4, 0.5) is 0 Å². The van der Waals surface area contributed by atoms with Crippen molar-refractivity contribution in [2.45, 2.75) is 5.75 Å². The Balaban J connectivity index is 1.72. The molecule has 0 saturated heterocycles. The smallest absolute Gasteiger partial charge is 0.252 e. The zero-order valence-corrected chi connectivity index (χ0v) is 16.1. The summed E-state index contributed by atoms with van der Waals surface area (Å²) in [5.74, 6) is 1.66. The largest absolute Gasteiger partial charge is 0.351 e. The van der Waals surface area contributed by atoms with Crippen molar-refractivity contribution in [3.05, 3.63) is 67.2 Å². The molecule has 6 heteroatoms. The Labute approximate surface area is 158 Å². The Hall–Kier alpha value is -0.430. The maximum atomic E-state index is 12.0. The highest BCUT2D eigenvalue weighted by atomic mass is 127. The van der Waals surface area contributed by atoms with Gasteiger partial charge in [0.25, 0.3) is 5.91 Å². The molecule has 0 saturated carbocycles. The quantitative estimate of drug-likeness (QED) is 0.465. The lowest BCUT2D eigenvalue weighted by atomic mass is 10.2. The molecule has 0 aliphatic heterocycles. The Morgan fingerprint density at radius 1 is 1.14 bits per heavy atom. The lowest BCUT2D eigenvalue weighted by molar-refractivity contribution is 0.0955. The second-order valence-corrected chi connectivity index (χ2v) is 7.62. The number of nitrogens with one attached hydrogen (secondary N) is 1. The monoisotopic (exact) mass is 465 g/mol. The van der Waals surface area contributed by atoms with Crippen LogP contribution in [-0.4, -0.2) is 18.2 Å². The predicted octanol–water partition coefficient (Wildman–Crippen LogP) is 5.26. The van der Waals surface area contributed by atoms with Gasteiger partial charge in [0.2, 0.25) is 0 Å². The molecule has 0 aliphatic carbocycles. The topological polar surface area (TPSA) is 29.1 Å². The van der Waals surface area contributed by atoms with Crippen molar-refractivity contribution in [1.82, 2.24) is 5.32 Å². The van der Waals surface area contributed by atoms with E-state index in [4.69, 9.17) is 23.2 Å². The van der Waals surface area contributed by atoms with Crippen molar-refractivity contribution in [1.29, 1.82) is 0 Å². The number of carbonyl (C=O) groups excluding carboxylic acids is 1. The van der Waals surface area contributed by atoms with Crippen LogP contribution in [0.3, 0.4) is 0 Å². The molecule has 1 N–H and O–H groups in total. The van der Waals surface area contributed by atoms with Crippen LogP contribution in [0.1, 0.15) is 15.9 Å². The van der Waals surface area contributed by atoms with Gasteiger partial charge in [0.15, 0.2) is 0 Å². The van der Waals surface area contributed by atoms with Gasteiger partial charge in [0.05, 0.1) is 15.6 Å². The molecule has 1 amide bonds. The first-order chi connectivity index (χ1) is 10.6. The third kappa shape index (κ3) is 5.33. The highest BCUT2D eigenvalue weighted by Crippen LogP contribution is 2.24. The fourth-order valence-electron chi connectivity index (χ4n) is 1.80. The predicted molar refractivity (Wildman–Crippen MR) is 104 cm³/mol. The molecule has 2 aromatic carbocycles. The summed E-state index contributed by atoms with van der Waals surface area (Å²) < 4.78 is 0.959. The van der Waals surface area contributed by atoms with E-state index in [1.54, 1.807) is 17.8 Å². The zero-order chi connectivity index (χ0) is 15.9. The average molecular weight is 466 g/mol. The lowest BCUT2D eigenvalue weighted by Gasteiger charge is -2.07. The number of benzene rings is 2. The van der Waals surface area contributed by atoms with E-state index in [0.717, 1.165) is 26.2 Å². The van der Waals surface area contributed by atoms with E-state index in [1.807, 2.05) is 36.4 Å². The van der Waals surface area contributed by atoms with E-state index < -0.39 is 0 Å². The highest BCUT2D eigenvalue weighted by Gasteiger charge is 2.07. The summed E-state index contributed by atoms with van der Waals surface area (Å²) in [4.78, 5) is 12.0. The van der Waals surface area contributed by atoms with Gasteiger partial charge in [-0.25, -0.2) is 0 Å². The number of carbonyl (C=O) groups is 1. The molecular formula is C16H14Cl2INOS. The van der Waals surface area contributed by atoms with Gasteiger partial charge >= 0.3 is 0 Å². The van der Waals surface area contributed by atoms with E-state index in [1.165, 1.54) is 0 Å². The Bertz CT molecular complexity index is 666. The van der Waals surface area contributed by atoms with Crippen LogP contribution in [0.5, 0.6) is 0 Å². The Morgan fingerprint density at radius 2 is 1.91 bits per heavy atom. The molecule has 0 unspecified atom stereocenters. The number of hydrogen-bond donors (Lipinski definition) is 1. The minimum Gasteiger partial charge on any atom is -0.351 e. The Morgan fingerprint density at radius 3 is 2.64 bits per heavy atom. The fraction of sp³-hybridized carbons (Fsp3) is 0.188. The number of hydrogen-bond acceptors (Lipinski definition) is 2. The zero-order valence-electron chi connectivity index (χ0n) is 11.6. The van der Waals surface area contributed by atoms with Gasteiger partial charge < -0.3 is 5.32 Å². The summed E-state index contributed by atoms with van der Waals surface area (Å²) in [5, 5.41) is 4.08. The molecule has 0 aliphatic rings. The Kier molecular flexibility index (Phi) is 7.34. The first-order valence-electron chi connectivity index (χ1n) is 6.62. The van der Waals surface area contributed by atoms with Crippen molar-refractivity contribution >= 4 is 63.5 Å². The minimum atomic E-state index is -0.0277. The van der Waals surface area contributed by atoms with Gasteiger partial charge in [-0.05, 0) is 52.4 Å². The summed E-state index contributed by atoms with van der Waals surface area (Å²) in [6.45, 7) is 0.635. The van der Waals surface area contributed by atoms with E-state index in [0.29, 0.717) is 16.6 Å². The van der Waals surface area contributed by atoms with Crippen LogP contribution in [0.25, 0.3) is 0 Å². The third-order valence-corrected chi connectivity index (χ3v) is 5.61. The second-order valence-electron chi connectivity index (χ2n) is 4.54. The van der Waals surface area contributed by atoms with E-state index in [-0.39, 0.29) is 5.91 Å². The molecule has 0 atom stereocenters. The number of amides is 1. The van der Waals surface area contributed by atoms with Crippen molar-refractivity contribution in [3.63, 3.8) is 0 Å². The van der Waals surface area contributed by atoms with Crippen LogP contribution in [-0.2, 0) is 5.75 Å². The average Bonchev–Trinajstić information content (AvgIpc) is 2.50. The van der Waals surface area contributed by atoms with Crippen molar-refractivity contribution in [2.24, 2.45) is 0 Å². The molecule has 0 spiro atoms. The molecule has 2 nitrogen and oxygen atoms in total. The molecule has 0 aromatic heterocycles. The molecule has 2 rings (SSSR count). The van der Waals surface area contributed by atoms with Crippen molar-refractivity contribution in [2.75, 3.05) is 12.3 Å². The highest BCUT2D eigenvalue weighted by molar-refractivity contribution is 14.1. The first-order valence-corrected chi connectivity index (χ1v) is 9.61. The normalized spacial score (nSPS) is 10.5. The van der Waals surface area contributed by atoms with Gasteiger partial charge in [-0.15, -0.1) is 0 Å². The molecule has 116 valence electrons. The van der Waals surface area contributed by atoms with Gasteiger partial charge in [-0.3, -0.25) is 4.79 Å². The maximum absolute atomic E-state index is 12.0. The summed E-state index contributed by atoms with van der Waals surface area (Å²) >= 11 is 15.8. The second kappa shape index (κ2) is 9.01. The van der Waals surface area contributed by atoms with Crippen molar-refractivity contribution < 1.29 is 4.79 Å². The standard InChI is InChI=1S/C16H14Cl2INOS/c17-13-6-5-11(9-14(13)18)10-22-8-7-20-16(21)12-3-1-2-4-15(12)19/h1-6,9H,7-8,10H2,(H,20,21). The molecule has 0 bridgehead atoms. The van der Waals surface area contributed by atoms with Crippen LogP contribution < -0.4 is 5.32 Å². The molecule has 2 aromatic rings. The van der Waals surface area contributed by atoms with E-state index in [2.05, 4.69) is 27.9 Å². The number of rotatable bonds is 6. The molecule has 0 fully saturated rings. The lowest BCUT2D eigenvalue weighted by Crippen LogP contribution is -2.26. The maximum Gasteiger partial charge on any atom is 0.252 e. The third-order valence-electron chi connectivity index (χ3n) is 2.90. The van der Waals surface area contributed by atoms with Crippen LogP contribution in [0.2, 0.25) is 10.0 Å². The summed E-state index contributed by atoms with van der Waals surface area (Å²) in [7, 11) is 0. The molecule has 0 heterocycles. The van der Waals surface area contributed by atoms with Crippen LogP contribution in [0.15, 0.2) is 42.5 Å². The van der Waals surface area contributed by atoms with Crippen LogP contribution >= 0.6 is 57.6 Å². The summed E-state index contributed by atoms with van der Waals surface area (Å²) in [5.41, 5.74) is 1.85. The minimum absolute atomic E-state index is 0.0277. The molecule has 22 heavy (non-hydrogen) atoms. The summed E-state index contributed by atoms with van der Waals surface area (Å²) in [6, 6.07) is 13.2. The van der Waals surface area contributed by atoms with Crippen LogP contribution in [0, 0.1) is 3.57 Å². The first kappa shape index (κ1) is 17.9. The molecular weight excluding hydrogens is 452 g/mol. The van der Waals surface area contributed by atoms with E-state index >= 15 is 0 Å². The van der Waals surface area contributed by atoms with Crippen molar-refractivity contribution in [3.8, 4) is 0 Å².